The normalized spacial score (nSPS) is 12.2. The summed E-state index contributed by atoms with van der Waals surface area (Å²) in [6.07, 6.45) is -0.207. The first kappa shape index (κ1) is 15.2. The summed E-state index contributed by atoms with van der Waals surface area (Å²) in [5, 5.41) is 11.3. The number of methoxy groups -OCH3 is 1. The number of aryl methyl sites for hydroxylation is 1. The van der Waals surface area contributed by atoms with Gasteiger partial charge < -0.3 is 9.84 Å². The van der Waals surface area contributed by atoms with E-state index in [-0.39, 0.29) is 0 Å². The number of ether oxygens (including phenoxy) is 1. The van der Waals surface area contributed by atoms with E-state index < -0.39 is 6.10 Å². The molecule has 2 nitrogen and oxygen atoms in total. The van der Waals surface area contributed by atoms with Gasteiger partial charge in [0, 0.05) is 6.42 Å². The Labute approximate surface area is 128 Å². The highest BCUT2D eigenvalue weighted by molar-refractivity contribution is 6.42. The Hall–Kier alpha value is -1.22. The van der Waals surface area contributed by atoms with Gasteiger partial charge in [-0.15, -0.1) is 0 Å². The smallest absolute Gasteiger partial charge is 0.121 e. The van der Waals surface area contributed by atoms with Gasteiger partial charge in [0.1, 0.15) is 5.75 Å². The van der Waals surface area contributed by atoms with E-state index in [0.29, 0.717) is 16.5 Å². The van der Waals surface area contributed by atoms with Gasteiger partial charge in [0.15, 0.2) is 0 Å². The fourth-order valence-corrected chi connectivity index (χ4v) is 2.54. The molecule has 0 aromatic heterocycles. The van der Waals surface area contributed by atoms with Crippen LogP contribution in [0.2, 0.25) is 10.0 Å². The molecule has 0 aliphatic rings. The van der Waals surface area contributed by atoms with Crippen molar-refractivity contribution >= 4 is 23.2 Å². The second-order valence-electron chi connectivity index (χ2n) is 4.66. The van der Waals surface area contributed by atoms with Crippen LogP contribution < -0.4 is 4.74 Å². The number of aliphatic hydroxyl groups excluding tert-OH is 1. The van der Waals surface area contributed by atoms with Crippen molar-refractivity contribution in [2.75, 3.05) is 7.11 Å². The van der Waals surface area contributed by atoms with E-state index in [2.05, 4.69) is 0 Å². The molecule has 4 heteroatoms. The molecule has 0 aliphatic carbocycles. The van der Waals surface area contributed by atoms with Gasteiger partial charge in [0.25, 0.3) is 0 Å². The minimum Gasteiger partial charge on any atom is -0.496 e. The van der Waals surface area contributed by atoms with E-state index in [1.165, 1.54) is 0 Å². The van der Waals surface area contributed by atoms with Crippen LogP contribution in [0.1, 0.15) is 22.8 Å². The minimum atomic E-state index is -0.629. The fourth-order valence-electron chi connectivity index (χ4n) is 2.14. The average molecular weight is 311 g/mol. The van der Waals surface area contributed by atoms with Crippen molar-refractivity contribution in [3.8, 4) is 5.75 Å². The molecular formula is C16H16Cl2O2. The van der Waals surface area contributed by atoms with Crippen molar-refractivity contribution in [2.24, 2.45) is 0 Å². The van der Waals surface area contributed by atoms with Crippen LogP contribution in [-0.4, -0.2) is 12.2 Å². The van der Waals surface area contributed by atoms with Crippen LogP contribution in [0.4, 0.5) is 0 Å². The Balaban J connectivity index is 2.21. The standard InChI is InChI=1S/C16H16Cl2O2/c1-10-8-11(6-7-15(10)20-2)14(19)9-12-4-3-5-13(17)16(12)18/h3-8,14,19H,9H2,1-2H3. The summed E-state index contributed by atoms with van der Waals surface area (Å²) in [4.78, 5) is 0. The highest BCUT2D eigenvalue weighted by atomic mass is 35.5. The third-order valence-electron chi connectivity index (χ3n) is 3.25. The summed E-state index contributed by atoms with van der Waals surface area (Å²) in [7, 11) is 1.63. The molecule has 0 saturated heterocycles. The van der Waals surface area contributed by atoms with Crippen LogP contribution in [0, 0.1) is 6.92 Å². The van der Waals surface area contributed by atoms with E-state index >= 15 is 0 Å². The molecule has 0 fully saturated rings. The molecular weight excluding hydrogens is 295 g/mol. The second-order valence-corrected chi connectivity index (χ2v) is 5.45. The van der Waals surface area contributed by atoms with Crippen molar-refractivity contribution in [3.05, 3.63) is 63.1 Å². The first-order chi connectivity index (χ1) is 9.52. The summed E-state index contributed by atoms with van der Waals surface area (Å²) in [5.41, 5.74) is 2.65. The van der Waals surface area contributed by atoms with Gasteiger partial charge in [-0.25, -0.2) is 0 Å². The summed E-state index contributed by atoms with van der Waals surface area (Å²) in [6.45, 7) is 1.95. The largest absolute Gasteiger partial charge is 0.496 e. The molecule has 0 heterocycles. The monoisotopic (exact) mass is 310 g/mol. The molecule has 2 aromatic rings. The zero-order valence-electron chi connectivity index (χ0n) is 11.4. The van der Waals surface area contributed by atoms with Gasteiger partial charge >= 0.3 is 0 Å². The molecule has 0 spiro atoms. The van der Waals surface area contributed by atoms with Crippen molar-refractivity contribution in [3.63, 3.8) is 0 Å². The van der Waals surface area contributed by atoms with E-state index in [4.69, 9.17) is 27.9 Å². The topological polar surface area (TPSA) is 29.5 Å². The number of halogens is 2. The Morgan fingerprint density at radius 2 is 1.95 bits per heavy atom. The third-order valence-corrected chi connectivity index (χ3v) is 4.11. The SMILES string of the molecule is COc1ccc(C(O)Cc2cccc(Cl)c2Cl)cc1C. The molecule has 1 unspecified atom stereocenters. The van der Waals surface area contributed by atoms with E-state index in [0.717, 1.165) is 22.4 Å². The number of rotatable bonds is 4. The Kier molecular flexibility index (Phi) is 4.92. The number of hydrogen-bond acceptors (Lipinski definition) is 2. The molecule has 106 valence electrons. The highest BCUT2D eigenvalue weighted by Gasteiger charge is 2.13. The molecule has 1 N–H and O–H groups in total. The van der Waals surface area contributed by atoms with Gasteiger partial charge in [-0.1, -0.05) is 41.4 Å². The molecule has 2 aromatic carbocycles. The lowest BCUT2D eigenvalue weighted by atomic mass is 9.99. The molecule has 1 atom stereocenters. The van der Waals surface area contributed by atoms with Crippen LogP contribution in [0.5, 0.6) is 5.75 Å². The lowest BCUT2D eigenvalue weighted by Gasteiger charge is -2.14. The van der Waals surface area contributed by atoms with Gasteiger partial charge in [-0.3, -0.25) is 0 Å². The maximum absolute atomic E-state index is 10.3. The molecule has 2 rings (SSSR count). The lowest BCUT2D eigenvalue weighted by molar-refractivity contribution is 0.178. The first-order valence-electron chi connectivity index (χ1n) is 6.28. The van der Waals surface area contributed by atoms with Crippen LogP contribution in [0.15, 0.2) is 36.4 Å². The Morgan fingerprint density at radius 3 is 2.60 bits per heavy atom. The average Bonchev–Trinajstić information content (AvgIpc) is 2.43. The van der Waals surface area contributed by atoms with Gasteiger partial charge in [-0.05, 0) is 41.8 Å². The zero-order chi connectivity index (χ0) is 14.7. The van der Waals surface area contributed by atoms with E-state index in [1.807, 2.05) is 37.3 Å². The summed E-state index contributed by atoms with van der Waals surface area (Å²) in [6, 6.07) is 11.1. The van der Waals surface area contributed by atoms with Crippen LogP contribution in [-0.2, 0) is 6.42 Å². The predicted octanol–water partition coefficient (Wildman–Crippen LogP) is 4.59. The maximum atomic E-state index is 10.3. The zero-order valence-corrected chi connectivity index (χ0v) is 12.9. The molecule has 20 heavy (non-hydrogen) atoms. The number of benzene rings is 2. The predicted molar refractivity (Wildman–Crippen MR) is 82.9 cm³/mol. The van der Waals surface area contributed by atoms with E-state index in [9.17, 15) is 5.11 Å². The quantitative estimate of drug-likeness (QED) is 0.895. The molecule has 0 amide bonds. The van der Waals surface area contributed by atoms with Crippen LogP contribution >= 0.6 is 23.2 Å². The van der Waals surface area contributed by atoms with Crippen molar-refractivity contribution in [2.45, 2.75) is 19.4 Å². The van der Waals surface area contributed by atoms with Gasteiger partial charge in [-0.2, -0.15) is 0 Å². The van der Waals surface area contributed by atoms with Crippen molar-refractivity contribution in [1.82, 2.24) is 0 Å². The molecule has 0 bridgehead atoms. The van der Waals surface area contributed by atoms with Crippen molar-refractivity contribution < 1.29 is 9.84 Å². The van der Waals surface area contributed by atoms with Gasteiger partial charge in [0.05, 0.1) is 23.3 Å². The third kappa shape index (κ3) is 3.26. The van der Waals surface area contributed by atoms with E-state index in [1.54, 1.807) is 13.2 Å². The molecule has 0 saturated carbocycles. The van der Waals surface area contributed by atoms with Crippen LogP contribution in [0.3, 0.4) is 0 Å². The minimum absolute atomic E-state index is 0.422. The molecule has 0 radical (unpaired) electrons. The Bertz CT molecular complexity index is 611. The first-order valence-corrected chi connectivity index (χ1v) is 7.04. The van der Waals surface area contributed by atoms with Crippen molar-refractivity contribution in [1.29, 1.82) is 0 Å². The summed E-state index contributed by atoms with van der Waals surface area (Å²) in [5.74, 6) is 0.807. The summed E-state index contributed by atoms with van der Waals surface area (Å²) >= 11 is 12.1. The molecule has 0 aliphatic heterocycles. The number of aliphatic hydroxyl groups is 1. The number of hydrogen-bond donors (Lipinski definition) is 1. The maximum Gasteiger partial charge on any atom is 0.121 e. The lowest BCUT2D eigenvalue weighted by Crippen LogP contribution is -2.03. The fraction of sp³-hybridized carbons (Fsp3) is 0.250. The van der Waals surface area contributed by atoms with Gasteiger partial charge in [0.2, 0.25) is 0 Å². The van der Waals surface area contributed by atoms with Crippen LogP contribution in [0.25, 0.3) is 0 Å². The Morgan fingerprint density at radius 1 is 1.20 bits per heavy atom. The second kappa shape index (κ2) is 6.49. The summed E-state index contributed by atoms with van der Waals surface area (Å²) < 4.78 is 5.21. The highest BCUT2D eigenvalue weighted by Crippen LogP contribution is 2.30.